The van der Waals surface area contributed by atoms with Crippen LogP contribution in [-0.4, -0.2) is 118 Å². The maximum Gasteiger partial charge on any atom is 0.422 e. The minimum absolute atomic E-state index is 0.153. The summed E-state index contributed by atoms with van der Waals surface area (Å²) < 4.78 is 108. The zero-order chi connectivity index (χ0) is 86.7. The summed E-state index contributed by atoms with van der Waals surface area (Å²) in [4.78, 5) is 8.73. The fourth-order valence-electron chi connectivity index (χ4n) is 16.9. The minimum atomic E-state index is -4.31. The van der Waals surface area contributed by atoms with Gasteiger partial charge in [0.15, 0.2) is 42.6 Å². The summed E-state index contributed by atoms with van der Waals surface area (Å²) in [7, 11) is 2.22. The summed E-state index contributed by atoms with van der Waals surface area (Å²) in [5, 5.41) is 14.3. The highest BCUT2D eigenvalue weighted by Gasteiger charge is 2.37. The third kappa shape index (κ3) is 26.2. The molecule has 6 heterocycles. The molecule has 12 aromatic carbocycles. The number of hydrogen-bond acceptors (Lipinski definition) is 6. The predicted octanol–water partition coefficient (Wildman–Crippen LogP) is 28.6. The number of rotatable bonds is 16. The van der Waals surface area contributed by atoms with E-state index >= 15 is 0 Å². The van der Waals surface area contributed by atoms with Gasteiger partial charge in [-0.3, -0.25) is 0 Å². The van der Waals surface area contributed by atoms with Crippen molar-refractivity contribution in [2.45, 2.75) is 231 Å². The molecule has 0 unspecified atom stereocenters. The molecule has 0 bridgehead atoms. The zero-order valence-electron chi connectivity index (χ0n) is 73.6. The molecule has 0 amide bonds. The summed E-state index contributed by atoms with van der Waals surface area (Å²) in [5.74, 6) is 20.4. The molecule has 0 aromatic heterocycles. The molecule has 0 spiro atoms. The maximum absolute atomic E-state index is 12.4. The zero-order valence-corrected chi connectivity index (χ0v) is 78.5. The van der Waals surface area contributed by atoms with E-state index in [-0.39, 0.29) is 45.2 Å². The van der Waals surface area contributed by atoms with Gasteiger partial charge in [-0.15, -0.1) is 0 Å². The molecule has 0 radical (unpaired) electrons. The number of halogens is 6. The van der Waals surface area contributed by atoms with Crippen LogP contribution in [0.15, 0.2) is 248 Å². The molecule has 6 aliphatic rings. The average Bonchev–Trinajstić information content (AvgIpc) is 1.78. The molecule has 6 fully saturated rings. The first kappa shape index (κ1) is 93.3. The van der Waals surface area contributed by atoms with Crippen LogP contribution >= 0.6 is 0 Å². The lowest BCUT2D eigenvalue weighted by atomic mass is 10.1. The Bertz CT molecular complexity index is 5390. The second kappa shape index (κ2) is 43.9. The average molecular weight is 1790 g/mol. The van der Waals surface area contributed by atoms with Crippen LogP contribution in [0.2, 0.25) is 0 Å². The van der Waals surface area contributed by atoms with E-state index in [9.17, 15) is 26.3 Å². The molecule has 0 aliphatic carbocycles. The van der Waals surface area contributed by atoms with Crippen molar-refractivity contribution in [2.75, 3.05) is 82.2 Å². The molecule has 18 rings (SSSR count). The lowest BCUT2D eigenvalue weighted by molar-refractivity contribution is -0.153. The first-order valence-electron chi connectivity index (χ1n) is 44.4. The Balaban J connectivity index is 0.000000127. The van der Waals surface area contributed by atoms with Crippen molar-refractivity contribution in [1.82, 2.24) is 0 Å². The van der Waals surface area contributed by atoms with Crippen LogP contribution in [0, 0.1) is 0 Å². The van der Waals surface area contributed by atoms with Gasteiger partial charge in [0.25, 0.3) is 0 Å². The van der Waals surface area contributed by atoms with Crippen LogP contribution in [0.25, 0.3) is 64.6 Å². The van der Waals surface area contributed by atoms with Gasteiger partial charge in [0.05, 0.1) is 12.2 Å². The molecule has 0 saturated carbocycles. The Morgan fingerprint density at radius 3 is 0.593 bits per heavy atom. The van der Waals surface area contributed by atoms with E-state index in [4.69, 9.17) is 28.4 Å². The highest BCUT2D eigenvalue weighted by atomic mass is 32.2. The quantitative estimate of drug-likeness (QED) is 0.0710. The van der Waals surface area contributed by atoms with Crippen LogP contribution in [0.3, 0.4) is 0 Å². The summed E-state index contributed by atoms with van der Waals surface area (Å²) in [6, 6.07) is 75.3. The second-order valence-corrected chi connectivity index (χ2v) is 48.4. The highest BCUT2D eigenvalue weighted by molar-refractivity contribution is 7.98. The van der Waals surface area contributed by atoms with Crippen LogP contribution < -0.4 is 28.4 Å². The summed E-state index contributed by atoms with van der Waals surface area (Å²) in [5.41, 5.74) is -0.308. The van der Waals surface area contributed by atoms with Crippen LogP contribution in [0.4, 0.5) is 26.3 Å². The molecule has 0 N–H and O–H groups in total. The van der Waals surface area contributed by atoms with Crippen molar-refractivity contribution in [3.63, 3.8) is 0 Å². The van der Waals surface area contributed by atoms with E-state index in [1.165, 1.54) is 218 Å². The topological polar surface area (TPSA) is 55.4 Å². The van der Waals surface area contributed by atoms with Crippen molar-refractivity contribution in [3.8, 4) is 34.5 Å². The fraction of sp³-hybridized carbons (Fsp3) is 0.429. The minimum Gasteiger partial charge on any atom is -0.490 e. The van der Waals surface area contributed by atoms with Gasteiger partial charge in [-0.2, -0.15) is 26.3 Å². The molecular weight excluding hydrogens is 1660 g/mol. The molecule has 18 heteroatoms. The second-order valence-electron chi connectivity index (χ2n) is 34.9. The van der Waals surface area contributed by atoms with Crippen molar-refractivity contribution in [3.05, 3.63) is 218 Å². The van der Waals surface area contributed by atoms with Gasteiger partial charge < -0.3 is 28.4 Å². The number of fused-ring (bicyclic) bond motifs is 6. The van der Waals surface area contributed by atoms with Gasteiger partial charge in [-0.25, -0.2) is 0 Å². The van der Waals surface area contributed by atoms with E-state index in [0.29, 0.717) is 55.1 Å². The Labute approximate surface area is 744 Å². The summed E-state index contributed by atoms with van der Waals surface area (Å²) in [6.45, 7) is 18.5. The lowest BCUT2D eigenvalue weighted by Crippen LogP contribution is -2.23. The van der Waals surface area contributed by atoms with E-state index in [1.807, 2.05) is 60.7 Å². The van der Waals surface area contributed by atoms with Crippen LogP contribution in [0.1, 0.15) is 166 Å². The van der Waals surface area contributed by atoms with Crippen molar-refractivity contribution in [2.24, 2.45) is 0 Å². The Morgan fingerprint density at radius 2 is 0.398 bits per heavy atom. The third-order valence-electron chi connectivity index (χ3n) is 22.2. The van der Waals surface area contributed by atoms with Gasteiger partial charge in [0, 0.05) is 130 Å². The van der Waals surface area contributed by atoms with E-state index in [1.54, 1.807) is 31.7 Å². The highest BCUT2D eigenvalue weighted by Crippen LogP contribution is 2.43. The summed E-state index contributed by atoms with van der Waals surface area (Å²) in [6.07, 6.45) is 12.0. The molecular formula is C105H126F6O6S6+6. The largest absolute Gasteiger partial charge is 0.490 e. The number of benzene rings is 12. The molecule has 6 aliphatic heterocycles. The van der Waals surface area contributed by atoms with Gasteiger partial charge in [-0.05, 0) is 275 Å². The molecule has 654 valence electrons. The Hall–Kier alpha value is -7.32. The molecule has 0 atom stereocenters. The van der Waals surface area contributed by atoms with E-state index < -0.39 is 25.6 Å². The number of hydrogen-bond donors (Lipinski definition) is 0. The van der Waals surface area contributed by atoms with Crippen molar-refractivity contribution >= 4 is 130 Å². The number of alkyl halides is 6. The van der Waals surface area contributed by atoms with Gasteiger partial charge in [0.2, 0.25) is 0 Å². The van der Waals surface area contributed by atoms with Crippen molar-refractivity contribution in [1.29, 1.82) is 0 Å². The van der Waals surface area contributed by atoms with E-state index in [0.717, 1.165) is 44.5 Å². The van der Waals surface area contributed by atoms with Gasteiger partial charge in [0.1, 0.15) is 115 Å². The third-order valence-corrected chi connectivity index (χ3v) is 37.5. The number of ether oxygens (including phenoxy) is 6. The molecule has 6 nitrogen and oxygen atoms in total. The van der Waals surface area contributed by atoms with Crippen molar-refractivity contribution < 1.29 is 54.8 Å². The Kier molecular flexibility index (Phi) is 33.3. The molecule has 6 saturated heterocycles. The SMILES string of the molecule is CC(C)(C)Oc1ccc([S+]2CCCC2)c2ccccc12.CC(C)(C)Oc1ccc([S+]2CCCCC2)c2ccccc12.CC(C)Oc1ccc([S+]2CCCC2)c2ccccc12.CC(C)Oc1ccc([S+]2CCCCC2)c2ccccc12.FC(F)(F)COc1ccc([S+]2CCCC2)c2ccccc12.FC(F)(F)COc1ccc([S+]2CCCCC2)c2ccccc12. The smallest absolute Gasteiger partial charge is 0.422 e. The van der Waals surface area contributed by atoms with Gasteiger partial charge in [-0.1, -0.05) is 109 Å². The van der Waals surface area contributed by atoms with E-state index in [2.05, 4.69) is 215 Å². The molecule has 123 heavy (non-hydrogen) atoms. The van der Waals surface area contributed by atoms with Crippen LogP contribution in [0.5, 0.6) is 34.5 Å². The van der Waals surface area contributed by atoms with Crippen LogP contribution in [-0.2, 0) is 65.4 Å². The van der Waals surface area contributed by atoms with Gasteiger partial charge >= 0.3 is 12.4 Å². The first-order valence-corrected chi connectivity index (χ1v) is 53.8. The molecule has 12 aromatic rings. The normalized spacial score (nSPS) is 16.7. The Morgan fingerprint density at radius 1 is 0.228 bits per heavy atom. The predicted molar refractivity (Wildman–Crippen MR) is 521 cm³/mol. The first-order chi connectivity index (χ1) is 59.2. The maximum atomic E-state index is 12.4. The fourth-order valence-corrected chi connectivity index (χ4v) is 31.9. The summed E-state index contributed by atoms with van der Waals surface area (Å²) >= 11 is 0. The lowest BCUT2D eigenvalue weighted by Gasteiger charge is -2.23. The monoisotopic (exact) mass is 1790 g/mol. The standard InChI is InChI=1S/C19H25OS.2C18H23OS.C17H18F3OS.C17H21OS.C16H16F3OS/c1-19(2,3)20-17-11-12-18(21-13-7-4-8-14-21)16-10-6-5-9-15(16)17;1-18(2,3)19-16-10-11-17(20-12-6-7-13-20)15-9-5-4-8-14(15)16;1-14(2)19-17-10-11-18(20-12-6-3-7-13-20)16-9-5-4-8-15(16)17;18-17(19,20)12-21-15-8-9-16(22-10-4-1-5-11-22)14-7-3-2-6-13(14)15;1-13(2)18-16-9-10-17(19-11-5-6-12-19)15-8-4-3-7-14(15)16;17-16(18,19)11-20-14-7-8-15(21-9-3-4-10-21)13-6-2-1-5-12(13)14/h5-6,9-12H,4,7-8,13-14H2,1-3H3;4-5,8-11H,6-7,12-13H2,1-3H3;4-5,8-11,14H,3,6-7,12-13H2,1-2H3;2-3,6-9H,1,4-5,10-12H2;3-4,7-10,13H,5-6,11-12H2,1-2H3;1-2,5-8H,3-4,9-11H2/q6*+1.